The Morgan fingerprint density at radius 2 is 1.96 bits per heavy atom. The summed E-state index contributed by atoms with van der Waals surface area (Å²) in [5.74, 6) is 0.326. The Morgan fingerprint density at radius 1 is 1.20 bits per heavy atom. The topological polar surface area (TPSA) is 41.5 Å². The second-order valence-corrected chi connectivity index (χ2v) is 6.42. The van der Waals surface area contributed by atoms with Gasteiger partial charge < -0.3 is 0 Å². The molecule has 2 aromatic carbocycles. The van der Waals surface area contributed by atoms with Crippen LogP contribution in [0.2, 0.25) is 5.02 Å². The van der Waals surface area contributed by atoms with Crippen molar-refractivity contribution in [3.8, 4) is 0 Å². The molecule has 1 N–H and O–H groups in total. The van der Waals surface area contributed by atoms with Crippen LogP contribution in [-0.4, -0.2) is 17.9 Å². The van der Waals surface area contributed by atoms with Crippen LogP contribution in [0.25, 0.3) is 0 Å². The van der Waals surface area contributed by atoms with Crippen LogP contribution in [-0.2, 0) is 16.7 Å². The van der Waals surface area contributed by atoms with Gasteiger partial charge in [0.15, 0.2) is 0 Å². The van der Waals surface area contributed by atoms with Gasteiger partial charge in [0.2, 0.25) is 5.91 Å². The molecule has 1 amide bonds. The lowest BCUT2D eigenvalue weighted by Crippen LogP contribution is -2.20. The number of alkyl halides is 3. The normalized spacial score (nSPS) is 11.7. The predicted molar refractivity (Wildman–Crippen MR) is 94.8 cm³/mol. The molecular weight excluding hydrogens is 373 g/mol. The SMILES string of the molecule is O=C(CSCc1cccc(Cl)c1)N/N=C\c1ccccc1C(F)(F)F. The van der Waals surface area contributed by atoms with Crippen molar-refractivity contribution in [3.05, 3.63) is 70.2 Å². The molecule has 0 fully saturated rings. The summed E-state index contributed by atoms with van der Waals surface area (Å²) in [6.45, 7) is 0. The number of nitrogens with zero attached hydrogens (tertiary/aromatic N) is 1. The molecule has 0 spiro atoms. The van der Waals surface area contributed by atoms with E-state index in [1.54, 1.807) is 12.1 Å². The van der Waals surface area contributed by atoms with Gasteiger partial charge in [-0.3, -0.25) is 4.79 Å². The maximum Gasteiger partial charge on any atom is 0.417 e. The largest absolute Gasteiger partial charge is 0.417 e. The molecule has 3 nitrogen and oxygen atoms in total. The van der Waals surface area contributed by atoms with E-state index in [2.05, 4.69) is 10.5 Å². The van der Waals surface area contributed by atoms with Gasteiger partial charge in [0, 0.05) is 16.3 Å². The Morgan fingerprint density at radius 3 is 2.68 bits per heavy atom. The number of thioether (sulfide) groups is 1. The van der Waals surface area contributed by atoms with Crippen LogP contribution in [0.1, 0.15) is 16.7 Å². The van der Waals surface area contributed by atoms with Gasteiger partial charge in [0.25, 0.3) is 0 Å². The van der Waals surface area contributed by atoms with E-state index in [1.165, 1.54) is 30.0 Å². The average molecular weight is 387 g/mol. The highest BCUT2D eigenvalue weighted by Crippen LogP contribution is 2.31. The average Bonchev–Trinajstić information content (AvgIpc) is 2.54. The zero-order chi connectivity index (χ0) is 18.3. The van der Waals surface area contributed by atoms with E-state index in [-0.39, 0.29) is 11.3 Å². The Kier molecular flexibility index (Phi) is 6.90. The number of carbonyl (C=O) groups is 1. The van der Waals surface area contributed by atoms with Crippen molar-refractivity contribution >= 4 is 35.5 Å². The quantitative estimate of drug-likeness (QED) is 0.575. The molecule has 2 rings (SSSR count). The number of halogens is 4. The van der Waals surface area contributed by atoms with Gasteiger partial charge in [-0.15, -0.1) is 11.8 Å². The van der Waals surface area contributed by atoms with Gasteiger partial charge in [0.1, 0.15) is 0 Å². The van der Waals surface area contributed by atoms with Gasteiger partial charge in [-0.1, -0.05) is 41.9 Å². The van der Waals surface area contributed by atoms with Crippen molar-refractivity contribution in [1.82, 2.24) is 5.43 Å². The lowest BCUT2D eigenvalue weighted by molar-refractivity contribution is -0.137. The van der Waals surface area contributed by atoms with Crippen LogP contribution in [0.15, 0.2) is 53.6 Å². The highest BCUT2D eigenvalue weighted by molar-refractivity contribution is 7.99. The van der Waals surface area contributed by atoms with Crippen LogP contribution in [0.5, 0.6) is 0 Å². The van der Waals surface area contributed by atoms with Gasteiger partial charge in [0.05, 0.1) is 17.5 Å². The number of nitrogens with one attached hydrogen (secondary N) is 1. The predicted octanol–water partition coefficient (Wildman–Crippen LogP) is 4.74. The van der Waals surface area contributed by atoms with E-state index in [0.717, 1.165) is 17.8 Å². The fourth-order valence-corrected chi connectivity index (χ4v) is 2.94. The standard InChI is InChI=1S/C17H14ClF3N2OS/c18-14-6-3-4-12(8-14)10-25-11-16(24)23-22-9-13-5-1-2-7-15(13)17(19,20)21/h1-9H,10-11H2,(H,23,24)/b22-9-. The third-order valence-electron chi connectivity index (χ3n) is 3.05. The second-order valence-electron chi connectivity index (χ2n) is 5.00. The van der Waals surface area contributed by atoms with Gasteiger partial charge >= 0.3 is 6.18 Å². The first-order valence-electron chi connectivity index (χ1n) is 7.16. The minimum atomic E-state index is -4.47. The number of amides is 1. The van der Waals surface area contributed by atoms with E-state index in [4.69, 9.17) is 11.6 Å². The monoisotopic (exact) mass is 386 g/mol. The van der Waals surface area contributed by atoms with E-state index in [0.29, 0.717) is 10.8 Å². The van der Waals surface area contributed by atoms with Gasteiger partial charge in [-0.2, -0.15) is 18.3 Å². The zero-order valence-corrected chi connectivity index (χ0v) is 14.5. The van der Waals surface area contributed by atoms with Gasteiger partial charge in [-0.25, -0.2) is 5.43 Å². The Labute approximate surface area is 152 Å². The molecule has 0 heterocycles. The molecular formula is C17H14ClF3N2OS. The number of hydrogen-bond donors (Lipinski definition) is 1. The summed E-state index contributed by atoms with van der Waals surface area (Å²) >= 11 is 7.22. The van der Waals surface area contributed by atoms with Crippen molar-refractivity contribution in [2.45, 2.75) is 11.9 Å². The number of carbonyl (C=O) groups excluding carboxylic acids is 1. The molecule has 0 aliphatic heterocycles. The second kappa shape index (κ2) is 8.92. The van der Waals surface area contributed by atoms with E-state index >= 15 is 0 Å². The minimum Gasteiger partial charge on any atom is -0.272 e. The molecule has 0 bridgehead atoms. The third-order valence-corrected chi connectivity index (χ3v) is 4.29. The van der Waals surface area contributed by atoms with E-state index in [9.17, 15) is 18.0 Å². The Bertz CT molecular complexity index is 766. The highest BCUT2D eigenvalue weighted by atomic mass is 35.5. The van der Waals surface area contributed by atoms with Crippen LogP contribution >= 0.6 is 23.4 Å². The van der Waals surface area contributed by atoms with Crippen molar-refractivity contribution in [2.24, 2.45) is 5.10 Å². The van der Waals surface area contributed by atoms with Crippen LogP contribution in [0.3, 0.4) is 0 Å². The van der Waals surface area contributed by atoms with Crippen molar-refractivity contribution in [1.29, 1.82) is 0 Å². The summed E-state index contributed by atoms with van der Waals surface area (Å²) < 4.78 is 38.5. The van der Waals surface area contributed by atoms with Crippen LogP contribution < -0.4 is 5.43 Å². The first kappa shape index (κ1) is 19.3. The molecule has 8 heteroatoms. The molecule has 0 atom stereocenters. The molecule has 132 valence electrons. The van der Waals surface area contributed by atoms with Crippen molar-refractivity contribution in [2.75, 3.05) is 5.75 Å². The fraction of sp³-hybridized carbons (Fsp3) is 0.176. The molecule has 0 aliphatic carbocycles. The molecule has 0 saturated carbocycles. The van der Waals surface area contributed by atoms with Crippen LogP contribution in [0.4, 0.5) is 13.2 Å². The number of benzene rings is 2. The van der Waals surface area contributed by atoms with E-state index in [1.807, 2.05) is 12.1 Å². The summed E-state index contributed by atoms with van der Waals surface area (Å²) in [4.78, 5) is 11.7. The number of hydrazone groups is 1. The molecule has 2 aromatic rings. The number of hydrogen-bond acceptors (Lipinski definition) is 3. The lowest BCUT2D eigenvalue weighted by atomic mass is 10.1. The first-order chi connectivity index (χ1) is 11.9. The van der Waals surface area contributed by atoms with Gasteiger partial charge in [-0.05, 0) is 23.8 Å². The fourth-order valence-electron chi connectivity index (χ4n) is 1.96. The maximum atomic E-state index is 12.8. The number of rotatable bonds is 6. The molecule has 0 aliphatic rings. The molecule has 0 radical (unpaired) electrons. The molecule has 0 aromatic heterocycles. The summed E-state index contributed by atoms with van der Waals surface area (Å²) in [6, 6.07) is 12.3. The van der Waals surface area contributed by atoms with Crippen molar-refractivity contribution in [3.63, 3.8) is 0 Å². The molecule has 0 unspecified atom stereocenters. The smallest absolute Gasteiger partial charge is 0.272 e. The Hall–Kier alpha value is -1.99. The molecule has 0 saturated heterocycles. The van der Waals surface area contributed by atoms with E-state index < -0.39 is 17.6 Å². The lowest BCUT2D eigenvalue weighted by Gasteiger charge is -2.09. The summed E-state index contributed by atoms with van der Waals surface area (Å²) in [5, 5.41) is 4.22. The molecule has 25 heavy (non-hydrogen) atoms. The van der Waals surface area contributed by atoms with Crippen LogP contribution in [0, 0.1) is 0 Å². The summed E-state index contributed by atoms with van der Waals surface area (Å²) in [6.07, 6.45) is -3.48. The Balaban J connectivity index is 1.83. The highest BCUT2D eigenvalue weighted by Gasteiger charge is 2.32. The summed E-state index contributed by atoms with van der Waals surface area (Å²) in [7, 11) is 0. The third kappa shape index (κ3) is 6.43. The summed E-state index contributed by atoms with van der Waals surface area (Å²) in [5.41, 5.74) is 2.29. The zero-order valence-electron chi connectivity index (χ0n) is 12.9. The first-order valence-corrected chi connectivity index (χ1v) is 8.70. The minimum absolute atomic E-state index is 0.109. The van der Waals surface area contributed by atoms with Crippen molar-refractivity contribution < 1.29 is 18.0 Å². The maximum absolute atomic E-state index is 12.8.